The van der Waals surface area contributed by atoms with Gasteiger partial charge in [-0.05, 0) is 165 Å². The largest absolute Gasteiger partial charge is 0.309 e. The van der Waals surface area contributed by atoms with Crippen LogP contribution in [0.2, 0.25) is 0 Å². The fourth-order valence-corrected chi connectivity index (χ4v) is 11.9. The highest BCUT2D eigenvalue weighted by atomic mass is 15.2. The lowest BCUT2D eigenvalue weighted by atomic mass is 9.83. The van der Waals surface area contributed by atoms with E-state index < -0.39 is 0 Å². The molecule has 2 nitrogen and oxygen atoms in total. The Hall–Kier alpha value is -6.64. The minimum Gasteiger partial charge on any atom is -0.309 e. The van der Waals surface area contributed by atoms with Gasteiger partial charge in [-0.15, -0.1) is 0 Å². The summed E-state index contributed by atoms with van der Waals surface area (Å²) in [6, 6.07) is 60.8. The number of anilines is 6. The number of hydrogen-bond donors (Lipinski definition) is 0. The summed E-state index contributed by atoms with van der Waals surface area (Å²) in [5.74, 6) is 0.629. The predicted octanol–water partition coefficient (Wildman–Crippen LogP) is 17.8. The first kappa shape index (κ1) is 39.0. The number of fused-ring (bicyclic) bond motifs is 4. The molecule has 0 saturated heterocycles. The topological polar surface area (TPSA) is 6.48 Å². The molecule has 314 valence electrons. The zero-order valence-electron chi connectivity index (χ0n) is 37.7. The summed E-state index contributed by atoms with van der Waals surface area (Å²) in [5, 5.41) is 13.2. The molecule has 2 aliphatic rings. The molecule has 10 aromatic rings. The second-order valence-corrected chi connectivity index (χ2v) is 19.3. The monoisotopic (exact) mass is 828 g/mol. The van der Waals surface area contributed by atoms with E-state index in [0.29, 0.717) is 11.8 Å². The van der Waals surface area contributed by atoms with Gasteiger partial charge >= 0.3 is 0 Å². The molecule has 0 saturated carbocycles. The van der Waals surface area contributed by atoms with E-state index in [1.54, 1.807) is 0 Å². The summed E-state index contributed by atoms with van der Waals surface area (Å²) < 4.78 is 0. The van der Waals surface area contributed by atoms with Gasteiger partial charge in [-0.1, -0.05) is 149 Å². The summed E-state index contributed by atoms with van der Waals surface area (Å²) in [6.07, 6.45) is 9.44. The summed E-state index contributed by atoms with van der Waals surface area (Å²) >= 11 is 0. The summed E-state index contributed by atoms with van der Waals surface area (Å²) in [5.41, 5.74) is 16.4. The van der Waals surface area contributed by atoms with Crippen LogP contribution in [0, 0.1) is 0 Å². The standard InChI is InChI=1S/C62H56N2/c1-39(2)53-37-59(63(55-29-13-21-41-17-5-9-25-45(41)55)56-30-14-22-42-18-6-10-26-46(42)56)51-36-34-50-54(40(3)4)38-60(52-35-33-49(53)61(51)62(50)52)64(57-31-15-23-43-19-7-11-27-47(43)57)58-32-16-24-44-20-8-12-28-48(44)58/h5,7,9,11,13-17,19,21-25,27,29-40H,6,8,10,12,18,20,26,28H2,1-4H3. The van der Waals surface area contributed by atoms with Crippen LogP contribution in [0.4, 0.5) is 34.1 Å². The molecule has 0 fully saturated rings. The lowest BCUT2D eigenvalue weighted by Gasteiger charge is -2.34. The fourth-order valence-electron chi connectivity index (χ4n) is 11.9. The van der Waals surface area contributed by atoms with Crippen LogP contribution in [0.15, 0.2) is 158 Å². The van der Waals surface area contributed by atoms with Gasteiger partial charge in [0.25, 0.3) is 0 Å². The van der Waals surface area contributed by atoms with Gasteiger partial charge in [0, 0.05) is 32.9 Å². The first-order valence-corrected chi connectivity index (χ1v) is 24.0. The molecule has 0 heterocycles. The van der Waals surface area contributed by atoms with Gasteiger partial charge in [0.1, 0.15) is 0 Å². The molecule has 12 rings (SSSR count). The van der Waals surface area contributed by atoms with Crippen molar-refractivity contribution in [1.82, 2.24) is 0 Å². The Bertz CT molecular complexity index is 3190. The molecule has 0 spiro atoms. The van der Waals surface area contributed by atoms with Crippen LogP contribution < -0.4 is 9.80 Å². The maximum atomic E-state index is 2.66. The highest BCUT2D eigenvalue weighted by Crippen LogP contribution is 2.53. The van der Waals surface area contributed by atoms with Crippen molar-refractivity contribution in [2.24, 2.45) is 0 Å². The lowest BCUT2D eigenvalue weighted by Crippen LogP contribution is -2.17. The SMILES string of the molecule is CC(C)c1cc(N(c2cccc3c2CCCC3)c2cccc3ccccc23)c2ccc3c(C(C)C)cc(N(c4cccc5c4CCCC5)c4cccc5ccccc45)c4ccc1c2c34. The number of nitrogens with zero attached hydrogens (tertiary/aromatic N) is 2. The van der Waals surface area contributed by atoms with Gasteiger partial charge < -0.3 is 9.80 Å². The lowest BCUT2D eigenvalue weighted by molar-refractivity contribution is 0.686. The first-order chi connectivity index (χ1) is 31.4. The number of hydrogen-bond acceptors (Lipinski definition) is 2. The molecule has 0 atom stereocenters. The molecule has 0 amide bonds. The Morgan fingerprint density at radius 1 is 0.328 bits per heavy atom. The van der Waals surface area contributed by atoms with Gasteiger partial charge in [0.2, 0.25) is 0 Å². The second kappa shape index (κ2) is 15.6. The van der Waals surface area contributed by atoms with Crippen molar-refractivity contribution in [3.05, 3.63) is 191 Å². The molecular formula is C62H56N2. The zero-order chi connectivity index (χ0) is 43.1. The molecule has 0 aromatic heterocycles. The summed E-state index contributed by atoms with van der Waals surface area (Å²) in [4.78, 5) is 5.32. The van der Waals surface area contributed by atoms with Crippen LogP contribution in [-0.4, -0.2) is 0 Å². The van der Waals surface area contributed by atoms with Crippen LogP contribution in [0.1, 0.15) is 98.6 Å². The predicted molar refractivity (Wildman–Crippen MR) is 276 cm³/mol. The van der Waals surface area contributed by atoms with E-state index in [0.717, 1.165) is 25.7 Å². The summed E-state index contributed by atoms with van der Waals surface area (Å²) in [6.45, 7) is 9.53. The van der Waals surface area contributed by atoms with Crippen molar-refractivity contribution in [3.8, 4) is 0 Å². The molecule has 2 heteroatoms. The van der Waals surface area contributed by atoms with E-state index in [1.165, 1.54) is 147 Å². The van der Waals surface area contributed by atoms with Gasteiger partial charge in [-0.25, -0.2) is 0 Å². The van der Waals surface area contributed by atoms with E-state index in [2.05, 4.69) is 195 Å². The van der Waals surface area contributed by atoms with E-state index in [1.807, 2.05) is 0 Å². The maximum Gasteiger partial charge on any atom is 0.0543 e. The van der Waals surface area contributed by atoms with Crippen LogP contribution in [0.25, 0.3) is 53.9 Å². The van der Waals surface area contributed by atoms with Gasteiger partial charge in [-0.2, -0.15) is 0 Å². The van der Waals surface area contributed by atoms with Crippen molar-refractivity contribution in [2.75, 3.05) is 9.80 Å². The van der Waals surface area contributed by atoms with Crippen molar-refractivity contribution < 1.29 is 0 Å². The molecule has 2 aliphatic carbocycles. The van der Waals surface area contributed by atoms with E-state index in [4.69, 9.17) is 0 Å². The third kappa shape index (κ3) is 6.13. The van der Waals surface area contributed by atoms with Gasteiger partial charge in [0.15, 0.2) is 0 Å². The van der Waals surface area contributed by atoms with Crippen LogP contribution >= 0.6 is 0 Å². The van der Waals surface area contributed by atoms with Crippen LogP contribution in [0.3, 0.4) is 0 Å². The van der Waals surface area contributed by atoms with Crippen LogP contribution in [0.5, 0.6) is 0 Å². The Morgan fingerprint density at radius 2 is 0.703 bits per heavy atom. The molecule has 0 N–H and O–H groups in total. The minimum absolute atomic E-state index is 0.314. The van der Waals surface area contributed by atoms with Gasteiger partial charge in [0.05, 0.1) is 22.7 Å². The minimum atomic E-state index is 0.314. The fraction of sp³-hybridized carbons (Fsp3) is 0.226. The smallest absolute Gasteiger partial charge is 0.0543 e. The maximum absolute atomic E-state index is 2.66. The van der Waals surface area contributed by atoms with Crippen molar-refractivity contribution >= 4 is 88.0 Å². The Morgan fingerprint density at radius 3 is 1.16 bits per heavy atom. The average Bonchev–Trinajstić information content (AvgIpc) is 3.34. The second-order valence-electron chi connectivity index (χ2n) is 19.3. The van der Waals surface area contributed by atoms with E-state index >= 15 is 0 Å². The zero-order valence-corrected chi connectivity index (χ0v) is 37.7. The number of aryl methyl sites for hydroxylation is 2. The van der Waals surface area contributed by atoms with Gasteiger partial charge in [-0.3, -0.25) is 0 Å². The quantitative estimate of drug-likeness (QED) is 0.141. The van der Waals surface area contributed by atoms with Crippen LogP contribution in [-0.2, 0) is 25.7 Å². The normalized spacial score (nSPS) is 14.0. The Labute approximate surface area is 378 Å². The molecule has 0 aliphatic heterocycles. The van der Waals surface area contributed by atoms with E-state index in [9.17, 15) is 0 Å². The third-order valence-electron chi connectivity index (χ3n) is 14.9. The highest BCUT2D eigenvalue weighted by molar-refractivity contribution is 6.30. The molecule has 64 heavy (non-hydrogen) atoms. The van der Waals surface area contributed by atoms with Crippen molar-refractivity contribution in [2.45, 2.75) is 90.9 Å². The number of benzene rings is 10. The average molecular weight is 829 g/mol. The Kier molecular flexibility index (Phi) is 9.48. The van der Waals surface area contributed by atoms with E-state index in [-0.39, 0.29) is 0 Å². The summed E-state index contributed by atoms with van der Waals surface area (Å²) in [7, 11) is 0. The molecule has 10 aromatic carbocycles. The van der Waals surface area contributed by atoms with Crippen molar-refractivity contribution in [3.63, 3.8) is 0 Å². The molecular weight excluding hydrogens is 773 g/mol. The molecule has 0 bridgehead atoms. The van der Waals surface area contributed by atoms with Crippen molar-refractivity contribution in [1.29, 1.82) is 0 Å². The molecule has 0 radical (unpaired) electrons. The Balaban J connectivity index is 1.22. The third-order valence-corrected chi connectivity index (χ3v) is 14.9. The molecule has 0 unspecified atom stereocenters. The first-order valence-electron chi connectivity index (χ1n) is 24.0. The number of rotatable bonds is 8. The highest BCUT2D eigenvalue weighted by Gasteiger charge is 2.29.